The summed E-state index contributed by atoms with van der Waals surface area (Å²) in [7, 11) is 0. The molecule has 0 aromatic carbocycles. The largest absolute Gasteiger partial charge is 0.460 e. The van der Waals surface area contributed by atoms with Gasteiger partial charge in [0.25, 0.3) is 0 Å². The highest BCUT2D eigenvalue weighted by molar-refractivity contribution is 5.56. The van der Waals surface area contributed by atoms with Crippen LogP contribution in [0.1, 0.15) is 25.2 Å². The molecule has 1 aliphatic heterocycles. The van der Waals surface area contributed by atoms with Gasteiger partial charge in [-0.25, -0.2) is 0 Å². The summed E-state index contributed by atoms with van der Waals surface area (Å²) in [5.41, 5.74) is 2.06. The number of morpholine rings is 1. The van der Waals surface area contributed by atoms with Crippen LogP contribution in [0.2, 0.25) is 0 Å². The Morgan fingerprint density at radius 1 is 1.42 bits per heavy atom. The molecular weight excluding hydrogens is 304 g/mol. The molecule has 2 aromatic heterocycles. The third-order valence-electron chi connectivity index (χ3n) is 4.24. The average molecular weight is 332 g/mol. The number of nitrogens with one attached hydrogen (secondary N) is 2. The Hall–Kier alpha value is -1.63. The van der Waals surface area contributed by atoms with E-state index in [1.54, 1.807) is 0 Å². The zero-order valence-corrected chi connectivity index (χ0v) is 14.8. The number of aryl methyl sites for hydroxylation is 1. The number of ether oxygens (including phenoxy) is 1. The zero-order chi connectivity index (χ0) is 16.9. The van der Waals surface area contributed by atoms with Crippen molar-refractivity contribution in [3.8, 4) is 11.5 Å². The highest BCUT2D eigenvalue weighted by Gasteiger charge is 2.21. The number of rotatable bonds is 7. The van der Waals surface area contributed by atoms with Crippen LogP contribution in [0.3, 0.4) is 0 Å². The topological polar surface area (TPSA) is 66.3 Å². The molecule has 132 valence electrons. The zero-order valence-electron chi connectivity index (χ0n) is 14.8. The van der Waals surface area contributed by atoms with Gasteiger partial charge in [-0.3, -0.25) is 10.00 Å². The second-order valence-electron chi connectivity index (χ2n) is 6.96. The molecule has 0 saturated carbocycles. The van der Waals surface area contributed by atoms with Crippen molar-refractivity contribution in [3.05, 3.63) is 29.7 Å². The van der Waals surface area contributed by atoms with Crippen LogP contribution in [-0.2, 0) is 11.3 Å². The highest BCUT2D eigenvalue weighted by Crippen LogP contribution is 2.23. The molecule has 0 aliphatic carbocycles. The minimum Gasteiger partial charge on any atom is -0.460 e. The average Bonchev–Trinajstić information content (AvgIpc) is 3.15. The van der Waals surface area contributed by atoms with Crippen molar-refractivity contribution in [1.29, 1.82) is 0 Å². The predicted molar refractivity (Wildman–Crippen MR) is 93.8 cm³/mol. The molecule has 1 atom stereocenters. The Balaban J connectivity index is 1.49. The molecule has 24 heavy (non-hydrogen) atoms. The van der Waals surface area contributed by atoms with Crippen molar-refractivity contribution >= 4 is 0 Å². The van der Waals surface area contributed by atoms with Gasteiger partial charge in [0.1, 0.15) is 11.5 Å². The van der Waals surface area contributed by atoms with Crippen molar-refractivity contribution in [2.24, 2.45) is 5.92 Å². The fourth-order valence-electron chi connectivity index (χ4n) is 3.18. The summed E-state index contributed by atoms with van der Waals surface area (Å²) in [6.07, 6.45) is 2.10. The molecule has 1 fully saturated rings. The van der Waals surface area contributed by atoms with E-state index >= 15 is 0 Å². The van der Waals surface area contributed by atoms with E-state index in [0.29, 0.717) is 5.92 Å². The minimum absolute atomic E-state index is 0.249. The molecule has 1 unspecified atom stereocenters. The summed E-state index contributed by atoms with van der Waals surface area (Å²) in [5.74, 6) is 2.43. The van der Waals surface area contributed by atoms with Crippen molar-refractivity contribution < 1.29 is 9.15 Å². The lowest BCUT2D eigenvalue weighted by Crippen LogP contribution is -2.47. The lowest BCUT2D eigenvalue weighted by atomic mass is 10.1. The molecule has 6 nitrogen and oxygen atoms in total. The normalized spacial score (nSPS) is 19.2. The first-order valence-corrected chi connectivity index (χ1v) is 8.75. The maximum atomic E-state index is 5.88. The smallest absolute Gasteiger partial charge is 0.152 e. The van der Waals surface area contributed by atoms with Crippen molar-refractivity contribution in [3.63, 3.8) is 0 Å². The molecule has 1 saturated heterocycles. The van der Waals surface area contributed by atoms with E-state index in [4.69, 9.17) is 9.15 Å². The Labute approximate surface area is 143 Å². The van der Waals surface area contributed by atoms with Crippen LogP contribution in [0.15, 0.2) is 22.7 Å². The summed E-state index contributed by atoms with van der Waals surface area (Å²) < 4.78 is 11.6. The SMILES string of the molecule is Cc1ccc(-c2[nH]ncc2CNCC2CN(CC(C)C)CCO2)o1. The summed E-state index contributed by atoms with van der Waals surface area (Å²) in [6.45, 7) is 12.1. The van der Waals surface area contributed by atoms with Gasteiger partial charge >= 0.3 is 0 Å². The van der Waals surface area contributed by atoms with Crippen molar-refractivity contribution in [2.75, 3.05) is 32.8 Å². The third-order valence-corrected chi connectivity index (χ3v) is 4.24. The van der Waals surface area contributed by atoms with Crippen LogP contribution in [0.5, 0.6) is 0 Å². The fraction of sp³-hybridized carbons (Fsp3) is 0.611. The molecule has 1 aliphatic rings. The van der Waals surface area contributed by atoms with E-state index in [9.17, 15) is 0 Å². The first-order chi connectivity index (χ1) is 11.6. The Morgan fingerprint density at radius 2 is 2.29 bits per heavy atom. The second kappa shape index (κ2) is 7.96. The highest BCUT2D eigenvalue weighted by atomic mass is 16.5. The molecule has 0 radical (unpaired) electrons. The molecule has 0 bridgehead atoms. The number of furan rings is 1. The number of hydrogen-bond donors (Lipinski definition) is 2. The Morgan fingerprint density at radius 3 is 3.04 bits per heavy atom. The second-order valence-corrected chi connectivity index (χ2v) is 6.96. The van der Waals surface area contributed by atoms with Gasteiger partial charge in [0, 0.05) is 38.3 Å². The minimum atomic E-state index is 0.249. The van der Waals surface area contributed by atoms with E-state index in [0.717, 1.165) is 62.1 Å². The van der Waals surface area contributed by atoms with Crippen LogP contribution in [-0.4, -0.2) is 54.0 Å². The standard InChI is InChI=1S/C18H28N4O2/c1-13(2)11-22-6-7-23-16(12-22)10-19-8-15-9-20-21-18(15)17-5-4-14(3)24-17/h4-5,9,13,16,19H,6-8,10-12H2,1-3H3,(H,20,21). The summed E-state index contributed by atoms with van der Waals surface area (Å²) in [6, 6.07) is 3.94. The van der Waals surface area contributed by atoms with Gasteiger partial charge < -0.3 is 14.5 Å². The van der Waals surface area contributed by atoms with Crippen molar-refractivity contribution in [1.82, 2.24) is 20.4 Å². The Kier molecular flexibility index (Phi) is 5.71. The molecule has 6 heteroatoms. The van der Waals surface area contributed by atoms with Crippen LogP contribution >= 0.6 is 0 Å². The van der Waals surface area contributed by atoms with Crippen molar-refractivity contribution in [2.45, 2.75) is 33.4 Å². The van der Waals surface area contributed by atoms with Crippen LogP contribution in [0.25, 0.3) is 11.5 Å². The van der Waals surface area contributed by atoms with Gasteiger partial charge in [0.05, 0.1) is 18.9 Å². The van der Waals surface area contributed by atoms with Crippen LogP contribution in [0, 0.1) is 12.8 Å². The maximum absolute atomic E-state index is 5.88. The monoisotopic (exact) mass is 332 g/mol. The van der Waals surface area contributed by atoms with E-state index in [1.807, 2.05) is 25.3 Å². The summed E-state index contributed by atoms with van der Waals surface area (Å²) in [4.78, 5) is 2.50. The van der Waals surface area contributed by atoms with E-state index < -0.39 is 0 Å². The lowest BCUT2D eigenvalue weighted by molar-refractivity contribution is -0.0303. The number of aromatic amines is 1. The predicted octanol–water partition coefficient (Wildman–Crippen LogP) is 2.42. The third kappa shape index (κ3) is 4.47. The number of H-pyrrole nitrogens is 1. The molecule has 2 N–H and O–H groups in total. The first-order valence-electron chi connectivity index (χ1n) is 8.75. The van der Waals surface area contributed by atoms with Gasteiger partial charge in [-0.2, -0.15) is 5.10 Å². The van der Waals surface area contributed by atoms with E-state index in [-0.39, 0.29) is 6.10 Å². The molecule has 3 heterocycles. The van der Waals surface area contributed by atoms with Crippen LogP contribution < -0.4 is 5.32 Å². The van der Waals surface area contributed by atoms with Gasteiger partial charge in [-0.05, 0) is 25.0 Å². The fourth-order valence-corrected chi connectivity index (χ4v) is 3.18. The summed E-state index contributed by atoms with van der Waals surface area (Å²) >= 11 is 0. The number of aromatic nitrogens is 2. The van der Waals surface area contributed by atoms with Gasteiger partial charge in [-0.15, -0.1) is 0 Å². The van der Waals surface area contributed by atoms with Gasteiger partial charge in [0.15, 0.2) is 5.76 Å². The molecular formula is C18H28N4O2. The first kappa shape index (κ1) is 17.2. The number of nitrogens with zero attached hydrogens (tertiary/aromatic N) is 2. The molecule has 0 spiro atoms. The lowest BCUT2D eigenvalue weighted by Gasteiger charge is -2.34. The Bertz CT molecular complexity index is 635. The van der Waals surface area contributed by atoms with Crippen LogP contribution in [0.4, 0.5) is 0 Å². The van der Waals surface area contributed by atoms with Gasteiger partial charge in [0.2, 0.25) is 0 Å². The molecule has 2 aromatic rings. The van der Waals surface area contributed by atoms with E-state index in [2.05, 4.69) is 34.3 Å². The van der Waals surface area contributed by atoms with E-state index in [1.165, 1.54) is 0 Å². The summed E-state index contributed by atoms with van der Waals surface area (Å²) in [5, 5.41) is 10.7. The maximum Gasteiger partial charge on any atom is 0.152 e. The quantitative estimate of drug-likeness (QED) is 0.815. The molecule has 0 amide bonds. The molecule has 3 rings (SSSR count). The van der Waals surface area contributed by atoms with Gasteiger partial charge in [-0.1, -0.05) is 13.8 Å². The number of hydrogen-bond acceptors (Lipinski definition) is 5.